The normalized spacial score (nSPS) is 10.1. The lowest BCUT2D eigenvalue weighted by Gasteiger charge is -2.05. The van der Waals surface area contributed by atoms with Crippen LogP contribution in [0.2, 0.25) is 0 Å². The average molecular weight is 274 g/mol. The maximum atomic E-state index is 13.4. The van der Waals surface area contributed by atoms with Gasteiger partial charge in [0.2, 0.25) is 5.82 Å². The molecule has 0 saturated carbocycles. The van der Waals surface area contributed by atoms with Crippen molar-refractivity contribution in [1.82, 2.24) is 0 Å². The first-order valence-electron chi connectivity index (χ1n) is 5.79. The summed E-state index contributed by atoms with van der Waals surface area (Å²) in [5.41, 5.74) is 0.981. The van der Waals surface area contributed by atoms with E-state index in [0.717, 1.165) is 17.7 Å². The number of carbonyl (C=O) groups is 1. The maximum absolute atomic E-state index is 13.4. The van der Waals surface area contributed by atoms with E-state index >= 15 is 0 Å². The molecule has 0 radical (unpaired) electrons. The summed E-state index contributed by atoms with van der Waals surface area (Å²) in [7, 11) is 0. The van der Waals surface area contributed by atoms with E-state index in [1.54, 1.807) is 24.3 Å². The monoisotopic (exact) mass is 274 g/mol. The summed E-state index contributed by atoms with van der Waals surface area (Å²) in [5.74, 6) is -1.39. The second kappa shape index (κ2) is 5.48. The van der Waals surface area contributed by atoms with Crippen molar-refractivity contribution < 1.29 is 14.1 Å². The van der Waals surface area contributed by atoms with Gasteiger partial charge in [0.05, 0.1) is 4.92 Å². The van der Waals surface area contributed by atoms with Crippen molar-refractivity contribution >= 4 is 17.3 Å². The standard InChI is InChI=1S/C14H11FN2O3/c1-9-2-4-10(5-3-9)14(18)16-11-6-7-13(17(19)20)12(15)8-11/h2-8H,1H3,(H,16,18). The van der Waals surface area contributed by atoms with E-state index < -0.39 is 22.3 Å². The number of carbonyl (C=O) groups excluding carboxylic acids is 1. The lowest BCUT2D eigenvalue weighted by atomic mass is 10.1. The Kier molecular flexibility index (Phi) is 3.74. The predicted molar refractivity (Wildman–Crippen MR) is 72.2 cm³/mol. The highest BCUT2D eigenvalue weighted by Gasteiger charge is 2.15. The molecule has 0 atom stereocenters. The number of nitrogens with one attached hydrogen (secondary N) is 1. The van der Waals surface area contributed by atoms with Crippen molar-refractivity contribution in [1.29, 1.82) is 0 Å². The van der Waals surface area contributed by atoms with Crippen LogP contribution in [0.4, 0.5) is 15.8 Å². The zero-order chi connectivity index (χ0) is 14.7. The number of benzene rings is 2. The number of nitrogens with zero attached hydrogens (tertiary/aromatic N) is 1. The van der Waals surface area contributed by atoms with E-state index in [1.807, 2.05) is 6.92 Å². The molecule has 0 bridgehead atoms. The first-order valence-corrected chi connectivity index (χ1v) is 5.79. The number of hydrogen-bond acceptors (Lipinski definition) is 3. The zero-order valence-electron chi connectivity index (χ0n) is 10.6. The average Bonchev–Trinajstić information content (AvgIpc) is 2.39. The van der Waals surface area contributed by atoms with Crippen molar-refractivity contribution in [2.75, 3.05) is 5.32 Å². The highest BCUT2D eigenvalue weighted by molar-refractivity contribution is 6.04. The van der Waals surface area contributed by atoms with Gasteiger partial charge in [-0.05, 0) is 25.1 Å². The molecule has 0 aliphatic heterocycles. The molecule has 2 aromatic carbocycles. The third kappa shape index (κ3) is 2.97. The summed E-state index contributed by atoms with van der Waals surface area (Å²) in [6.07, 6.45) is 0. The van der Waals surface area contributed by atoms with Crippen molar-refractivity contribution in [3.05, 3.63) is 69.5 Å². The Morgan fingerprint density at radius 3 is 2.40 bits per heavy atom. The molecule has 5 nitrogen and oxygen atoms in total. The fraction of sp³-hybridized carbons (Fsp3) is 0.0714. The van der Waals surface area contributed by atoms with Gasteiger partial charge in [-0.2, -0.15) is 4.39 Å². The largest absolute Gasteiger partial charge is 0.322 e. The van der Waals surface area contributed by atoms with Gasteiger partial charge in [0, 0.05) is 23.4 Å². The predicted octanol–water partition coefficient (Wildman–Crippen LogP) is 3.29. The Hall–Kier alpha value is -2.76. The zero-order valence-corrected chi connectivity index (χ0v) is 10.6. The molecule has 0 heterocycles. The number of anilines is 1. The van der Waals surface area contributed by atoms with Crippen LogP contribution < -0.4 is 5.32 Å². The molecule has 102 valence electrons. The van der Waals surface area contributed by atoms with Crippen molar-refractivity contribution in [2.24, 2.45) is 0 Å². The molecule has 2 aromatic rings. The van der Waals surface area contributed by atoms with Crippen molar-refractivity contribution in [3.63, 3.8) is 0 Å². The quantitative estimate of drug-likeness (QED) is 0.689. The van der Waals surface area contributed by atoms with Crippen LogP contribution in [0.3, 0.4) is 0 Å². The summed E-state index contributed by atoms with van der Waals surface area (Å²) in [6.45, 7) is 1.90. The third-order valence-electron chi connectivity index (χ3n) is 2.72. The second-order valence-electron chi connectivity index (χ2n) is 4.24. The SMILES string of the molecule is Cc1ccc(C(=O)Nc2ccc([N+](=O)[O-])c(F)c2)cc1. The summed E-state index contributed by atoms with van der Waals surface area (Å²) >= 11 is 0. The highest BCUT2D eigenvalue weighted by atomic mass is 19.1. The summed E-state index contributed by atoms with van der Waals surface area (Å²) in [5, 5.41) is 13.0. The first-order chi connectivity index (χ1) is 9.47. The lowest BCUT2D eigenvalue weighted by molar-refractivity contribution is -0.387. The van der Waals surface area contributed by atoms with Gasteiger partial charge in [-0.15, -0.1) is 0 Å². The molecule has 20 heavy (non-hydrogen) atoms. The number of hydrogen-bond donors (Lipinski definition) is 1. The lowest BCUT2D eigenvalue weighted by Crippen LogP contribution is -2.12. The smallest absolute Gasteiger partial charge is 0.304 e. The Morgan fingerprint density at radius 1 is 1.20 bits per heavy atom. The fourth-order valence-electron chi connectivity index (χ4n) is 1.64. The minimum atomic E-state index is -0.989. The molecule has 0 spiro atoms. The van der Waals surface area contributed by atoms with Crippen LogP contribution >= 0.6 is 0 Å². The van der Waals surface area contributed by atoms with Crippen LogP contribution in [0.15, 0.2) is 42.5 Å². The van der Waals surface area contributed by atoms with Gasteiger partial charge in [-0.3, -0.25) is 14.9 Å². The number of aryl methyl sites for hydroxylation is 1. The second-order valence-corrected chi connectivity index (χ2v) is 4.24. The van der Waals surface area contributed by atoms with Crippen LogP contribution in [-0.4, -0.2) is 10.8 Å². The minimum absolute atomic E-state index is 0.165. The van der Waals surface area contributed by atoms with Crippen LogP contribution in [0.25, 0.3) is 0 Å². The molecule has 0 saturated heterocycles. The van der Waals surface area contributed by atoms with Crippen molar-refractivity contribution in [3.8, 4) is 0 Å². The Labute approximate surface area is 114 Å². The van der Waals surface area contributed by atoms with Gasteiger partial charge in [-0.1, -0.05) is 17.7 Å². The molecular formula is C14H11FN2O3. The van der Waals surface area contributed by atoms with E-state index in [2.05, 4.69) is 5.32 Å². The van der Waals surface area contributed by atoms with Gasteiger partial charge in [0.1, 0.15) is 0 Å². The Bertz CT molecular complexity index is 669. The molecular weight excluding hydrogens is 263 g/mol. The molecule has 1 amide bonds. The summed E-state index contributed by atoms with van der Waals surface area (Å²) in [6, 6.07) is 10.1. The number of halogens is 1. The van der Waals surface area contributed by atoms with E-state index in [4.69, 9.17) is 0 Å². The molecule has 0 unspecified atom stereocenters. The number of nitro benzene ring substituents is 1. The van der Waals surface area contributed by atoms with Crippen molar-refractivity contribution in [2.45, 2.75) is 6.92 Å². The summed E-state index contributed by atoms with van der Waals surface area (Å²) < 4.78 is 13.4. The van der Waals surface area contributed by atoms with E-state index in [1.165, 1.54) is 6.07 Å². The number of rotatable bonds is 3. The molecule has 0 aliphatic carbocycles. The number of nitro groups is 1. The van der Waals surface area contributed by atoms with Crippen LogP contribution in [0, 0.1) is 22.9 Å². The van der Waals surface area contributed by atoms with E-state index in [-0.39, 0.29) is 5.69 Å². The van der Waals surface area contributed by atoms with Crippen LogP contribution in [0.5, 0.6) is 0 Å². The molecule has 6 heteroatoms. The van der Waals surface area contributed by atoms with Gasteiger partial charge >= 0.3 is 5.69 Å². The highest BCUT2D eigenvalue weighted by Crippen LogP contribution is 2.21. The fourth-order valence-corrected chi connectivity index (χ4v) is 1.64. The van der Waals surface area contributed by atoms with Gasteiger partial charge in [0.25, 0.3) is 5.91 Å². The summed E-state index contributed by atoms with van der Waals surface area (Å²) in [4.78, 5) is 21.6. The van der Waals surface area contributed by atoms with Gasteiger partial charge < -0.3 is 5.32 Å². The first kappa shape index (κ1) is 13.7. The Morgan fingerprint density at radius 2 is 1.85 bits per heavy atom. The molecule has 0 aromatic heterocycles. The molecule has 0 aliphatic rings. The van der Waals surface area contributed by atoms with Gasteiger partial charge in [-0.25, -0.2) is 0 Å². The van der Waals surface area contributed by atoms with E-state index in [9.17, 15) is 19.3 Å². The van der Waals surface area contributed by atoms with Crippen LogP contribution in [0.1, 0.15) is 15.9 Å². The molecule has 1 N–H and O–H groups in total. The topological polar surface area (TPSA) is 72.2 Å². The maximum Gasteiger partial charge on any atom is 0.304 e. The molecule has 0 fully saturated rings. The number of amides is 1. The van der Waals surface area contributed by atoms with Gasteiger partial charge in [0.15, 0.2) is 0 Å². The minimum Gasteiger partial charge on any atom is -0.322 e. The molecule has 2 rings (SSSR count). The van der Waals surface area contributed by atoms with Crippen LogP contribution in [-0.2, 0) is 0 Å². The Balaban J connectivity index is 2.18. The van der Waals surface area contributed by atoms with E-state index in [0.29, 0.717) is 5.56 Å². The third-order valence-corrected chi connectivity index (χ3v) is 2.72.